The van der Waals surface area contributed by atoms with Gasteiger partial charge in [0.1, 0.15) is 11.5 Å². The van der Waals surface area contributed by atoms with Gasteiger partial charge < -0.3 is 10.1 Å². The summed E-state index contributed by atoms with van der Waals surface area (Å²) in [4.78, 5) is 12.1. The Morgan fingerprint density at radius 1 is 1.45 bits per heavy atom. The van der Waals surface area contributed by atoms with Crippen LogP contribution in [0, 0.1) is 16.7 Å². The summed E-state index contributed by atoms with van der Waals surface area (Å²) in [6.07, 6.45) is 0.547. The van der Waals surface area contributed by atoms with Crippen LogP contribution in [-0.2, 0) is 9.53 Å². The van der Waals surface area contributed by atoms with Gasteiger partial charge in [-0.05, 0) is 38.0 Å². The Bertz CT molecular complexity index is 534. The molecule has 1 heterocycles. The summed E-state index contributed by atoms with van der Waals surface area (Å²) in [7, 11) is 0. The van der Waals surface area contributed by atoms with Crippen molar-refractivity contribution in [3.63, 3.8) is 0 Å². The zero-order valence-electron chi connectivity index (χ0n) is 11.5. The highest BCUT2D eigenvalue weighted by molar-refractivity contribution is 6.30. The van der Waals surface area contributed by atoms with Crippen LogP contribution in [-0.4, -0.2) is 18.6 Å². The molecule has 1 aromatic rings. The molecule has 0 aromatic heterocycles. The predicted molar refractivity (Wildman–Crippen MR) is 76.1 cm³/mol. The minimum atomic E-state index is -1.03. The van der Waals surface area contributed by atoms with Crippen molar-refractivity contribution in [2.75, 3.05) is 6.61 Å². The SMILES string of the molecule is CC(C)(C#N)C(=O)N[C@@H]1CCO[C@@H]1c1ccc(Cl)cc1. The highest BCUT2D eigenvalue weighted by Crippen LogP contribution is 2.30. The van der Waals surface area contributed by atoms with Crippen molar-refractivity contribution in [1.82, 2.24) is 5.32 Å². The molecule has 1 aliphatic rings. The highest BCUT2D eigenvalue weighted by Gasteiger charge is 2.35. The van der Waals surface area contributed by atoms with Gasteiger partial charge in [-0.15, -0.1) is 0 Å². The second kappa shape index (κ2) is 5.82. The van der Waals surface area contributed by atoms with Gasteiger partial charge in [0.15, 0.2) is 0 Å². The van der Waals surface area contributed by atoms with Crippen LogP contribution in [0.25, 0.3) is 0 Å². The van der Waals surface area contributed by atoms with Gasteiger partial charge in [0.05, 0.1) is 12.1 Å². The van der Waals surface area contributed by atoms with Crippen molar-refractivity contribution in [3.8, 4) is 6.07 Å². The normalized spacial score (nSPS) is 22.3. The number of carbonyl (C=O) groups is 1. The number of nitrogens with zero attached hydrogens (tertiary/aromatic N) is 1. The molecule has 2 atom stereocenters. The minimum absolute atomic E-state index is 0.115. The molecule has 4 nitrogen and oxygen atoms in total. The molecule has 0 aliphatic carbocycles. The van der Waals surface area contributed by atoms with Crippen LogP contribution in [0.15, 0.2) is 24.3 Å². The van der Waals surface area contributed by atoms with Gasteiger partial charge >= 0.3 is 0 Å². The van der Waals surface area contributed by atoms with Crippen molar-refractivity contribution in [3.05, 3.63) is 34.9 Å². The first-order valence-electron chi connectivity index (χ1n) is 6.53. The lowest BCUT2D eigenvalue weighted by atomic mass is 9.93. The number of nitriles is 1. The second-order valence-electron chi connectivity index (χ2n) is 5.45. The molecule has 1 aromatic carbocycles. The van der Waals surface area contributed by atoms with Crippen molar-refractivity contribution in [2.45, 2.75) is 32.4 Å². The molecular formula is C15H17ClN2O2. The van der Waals surface area contributed by atoms with Gasteiger partial charge in [-0.25, -0.2) is 0 Å². The van der Waals surface area contributed by atoms with Gasteiger partial charge in [0.25, 0.3) is 0 Å². The van der Waals surface area contributed by atoms with E-state index in [1.165, 1.54) is 0 Å². The van der Waals surface area contributed by atoms with Crippen LogP contribution >= 0.6 is 11.6 Å². The summed E-state index contributed by atoms with van der Waals surface area (Å²) in [6.45, 7) is 3.80. The fraction of sp³-hybridized carbons (Fsp3) is 0.467. The van der Waals surface area contributed by atoms with Crippen LogP contribution in [0.1, 0.15) is 31.9 Å². The van der Waals surface area contributed by atoms with E-state index in [1.807, 2.05) is 18.2 Å². The Balaban J connectivity index is 2.10. The molecule has 20 heavy (non-hydrogen) atoms. The van der Waals surface area contributed by atoms with Crippen molar-refractivity contribution >= 4 is 17.5 Å². The lowest BCUT2D eigenvalue weighted by Gasteiger charge is -2.23. The van der Waals surface area contributed by atoms with E-state index in [2.05, 4.69) is 5.32 Å². The Morgan fingerprint density at radius 3 is 2.70 bits per heavy atom. The van der Waals surface area contributed by atoms with E-state index in [4.69, 9.17) is 21.6 Å². The molecule has 2 rings (SSSR count). The monoisotopic (exact) mass is 292 g/mol. The van der Waals surface area contributed by atoms with E-state index >= 15 is 0 Å². The smallest absolute Gasteiger partial charge is 0.240 e. The van der Waals surface area contributed by atoms with Gasteiger partial charge in [-0.2, -0.15) is 5.26 Å². The molecule has 1 N–H and O–H groups in total. The molecule has 0 spiro atoms. The Morgan fingerprint density at radius 2 is 2.10 bits per heavy atom. The summed E-state index contributed by atoms with van der Waals surface area (Å²) in [5.74, 6) is -0.269. The summed E-state index contributed by atoms with van der Waals surface area (Å²) >= 11 is 5.87. The van der Waals surface area contributed by atoms with Crippen LogP contribution in [0.3, 0.4) is 0 Å². The number of halogens is 1. The topological polar surface area (TPSA) is 62.1 Å². The third-order valence-corrected chi connectivity index (χ3v) is 3.71. The van der Waals surface area contributed by atoms with E-state index < -0.39 is 5.41 Å². The lowest BCUT2D eigenvalue weighted by molar-refractivity contribution is -0.128. The third kappa shape index (κ3) is 3.12. The van der Waals surface area contributed by atoms with Crippen molar-refractivity contribution < 1.29 is 9.53 Å². The number of ether oxygens (including phenoxy) is 1. The van der Waals surface area contributed by atoms with Crippen molar-refractivity contribution in [2.24, 2.45) is 5.41 Å². The van der Waals surface area contributed by atoms with Crippen LogP contribution < -0.4 is 5.32 Å². The van der Waals surface area contributed by atoms with Gasteiger partial charge in [-0.3, -0.25) is 4.79 Å². The first-order chi connectivity index (χ1) is 9.44. The van der Waals surface area contributed by atoms with Gasteiger partial charge in [-0.1, -0.05) is 23.7 Å². The first kappa shape index (κ1) is 14.8. The molecular weight excluding hydrogens is 276 g/mol. The molecule has 1 amide bonds. The van der Waals surface area contributed by atoms with Gasteiger partial charge in [0, 0.05) is 11.6 Å². The summed E-state index contributed by atoms with van der Waals surface area (Å²) < 4.78 is 5.70. The predicted octanol–water partition coefficient (Wildman–Crippen LogP) is 2.84. The maximum Gasteiger partial charge on any atom is 0.240 e. The Labute approximate surface area is 123 Å². The quantitative estimate of drug-likeness (QED) is 0.932. The second-order valence-corrected chi connectivity index (χ2v) is 5.88. The Hall–Kier alpha value is -1.57. The summed E-state index contributed by atoms with van der Waals surface area (Å²) in [5, 5.41) is 12.6. The molecule has 0 radical (unpaired) electrons. The zero-order valence-corrected chi connectivity index (χ0v) is 12.3. The summed E-state index contributed by atoms with van der Waals surface area (Å²) in [6, 6.07) is 9.29. The maximum absolute atomic E-state index is 12.1. The van der Waals surface area contributed by atoms with E-state index in [0.717, 1.165) is 12.0 Å². The molecule has 5 heteroatoms. The van der Waals surface area contributed by atoms with E-state index in [-0.39, 0.29) is 18.1 Å². The van der Waals surface area contributed by atoms with E-state index in [0.29, 0.717) is 11.6 Å². The lowest BCUT2D eigenvalue weighted by Crippen LogP contribution is -2.43. The molecule has 106 valence electrons. The van der Waals surface area contributed by atoms with Gasteiger partial charge in [0.2, 0.25) is 5.91 Å². The summed E-state index contributed by atoms with van der Waals surface area (Å²) in [5.41, 5.74) is -0.0559. The number of benzene rings is 1. The van der Waals surface area contributed by atoms with Crippen LogP contribution in [0.5, 0.6) is 0 Å². The fourth-order valence-corrected chi connectivity index (χ4v) is 2.24. The number of rotatable bonds is 3. The average molecular weight is 293 g/mol. The van der Waals surface area contributed by atoms with Crippen LogP contribution in [0.4, 0.5) is 0 Å². The van der Waals surface area contributed by atoms with E-state index in [1.54, 1.807) is 26.0 Å². The minimum Gasteiger partial charge on any atom is -0.371 e. The number of amides is 1. The molecule has 0 saturated carbocycles. The number of hydrogen-bond acceptors (Lipinski definition) is 3. The number of hydrogen-bond donors (Lipinski definition) is 1. The molecule has 1 fully saturated rings. The maximum atomic E-state index is 12.1. The van der Waals surface area contributed by atoms with Crippen LogP contribution in [0.2, 0.25) is 5.02 Å². The zero-order chi connectivity index (χ0) is 14.8. The standard InChI is InChI=1S/C15H17ClN2O2/c1-15(2,9-17)14(19)18-12-7-8-20-13(12)10-3-5-11(16)6-4-10/h3-6,12-13H,7-8H2,1-2H3,(H,18,19)/t12-,13-/m1/s1. The average Bonchev–Trinajstić information content (AvgIpc) is 2.87. The molecule has 1 saturated heterocycles. The highest BCUT2D eigenvalue weighted by atomic mass is 35.5. The first-order valence-corrected chi connectivity index (χ1v) is 6.91. The third-order valence-electron chi connectivity index (χ3n) is 3.45. The number of carbonyl (C=O) groups excluding carboxylic acids is 1. The molecule has 0 unspecified atom stereocenters. The van der Waals surface area contributed by atoms with Crippen molar-refractivity contribution in [1.29, 1.82) is 5.26 Å². The Kier molecular flexibility index (Phi) is 4.32. The number of nitrogens with one attached hydrogen (secondary N) is 1. The van der Waals surface area contributed by atoms with E-state index in [9.17, 15) is 4.79 Å². The largest absolute Gasteiger partial charge is 0.371 e. The fourth-order valence-electron chi connectivity index (χ4n) is 2.12. The molecule has 0 bridgehead atoms. The molecule has 1 aliphatic heterocycles.